The van der Waals surface area contributed by atoms with Gasteiger partial charge in [0.05, 0.1) is 11.6 Å². The fourth-order valence-electron chi connectivity index (χ4n) is 2.69. The zero-order chi connectivity index (χ0) is 14.8. The van der Waals surface area contributed by atoms with Crippen molar-refractivity contribution in [3.8, 4) is 11.5 Å². The summed E-state index contributed by atoms with van der Waals surface area (Å²) in [7, 11) is 1.42. The van der Waals surface area contributed by atoms with Crippen molar-refractivity contribution in [2.24, 2.45) is 0 Å². The van der Waals surface area contributed by atoms with Gasteiger partial charge in [0.25, 0.3) is 0 Å². The van der Waals surface area contributed by atoms with Gasteiger partial charge in [0.15, 0.2) is 11.5 Å². The maximum Gasteiger partial charge on any atom is 0.327 e. The minimum Gasteiger partial charge on any atom is -0.468 e. The molecule has 1 saturated heterocycles. The maximum absolute atomic E-state index is 12.3. The van der Waals surface area contributed by atoms with Crippen LogP contribution in [0, 0.1) is 0 Å². The summed E-state index contributed by atoms with van der Waals surface area (Å²) in [4.78, 5) is 14.4. The lowest BCUT2D eigenvalue weighted by molar-refractivity contribution is -0.147. The molecule has 2 aliphatic rings. The van der Waals surface area contributed by atoms with Crippen molar-refractivity contribution in [1.29, 1.82) is 0 Å². The number of hydrogen-bond acceptors (Lipinski definition) is 6. The predicted octanol–water partition coefficient (Wildman–Crippen LogP) is 1.30. The lowest BCUT2D eigenvalue weighted by Gasteiger charge is -2.33. The first-order valence-electron chi connectivity index (χ1n) is 6.82. The van der Waals surface area contributed by atoms with E-state index in [1.54, 1.807) is 0 Å². The van der Waals surface area contributed by atoms with Crippen molar-refractivity contribution in [1.82, 2.24) is 10.2 Å². The van der Waals surface area contributed by atoms with Crippen LogP contribution in [0.15, 0.2) is 16.6 Å². The van der Waals surface area contributed by atoms with Crippen LogP contribution in [-0.2, 0) is 9.53 Å². The van der Waals surface area contributed by atoms with Crippen molar-refractivity contribution in [3.63, 3.8) is 0 Å². The van der Waals surface area contributed by atoms with E-state index >= 15 is 0 Å². The van der Waals surface area contributed by atoms with Gasteiger partial charge in [0.2, 0.25) is 6.79 Å². The molecule has 3 rings (SSSR count). The van der Waals surface area contributed by atoms with E-state index in [2.05, 4.69) is 26.1 Å². The third-order valence-corrected chi connectivity index (χ3v) is 4.30. The van der Waals surface area contributed by atoms with E-state index in [1.165, 1.54) is 7.11 Å². The number of fused-ring (bicyclic) bond motifs is 1. The standard InChI is InChI=1S/C14H17BrN2O4/c1-19-14(18)12(17-4-2-16-3-5-17)9-6-10(15)13-11(7-9)20-8-21-13/h6-7,12,16H,2-5,8H2,1H3. The average Bonchev–Trinajstić information content (AvgIpc) is 2.97. The molecule has 1 unspecified atom stereocenters. The van der Waals surface area contributed by atoms with Crippen LogP contribution < -0.4 is 14.8 Å². The molecular formula is C14H17BrN2O4. The molecule has 0 radical (unpaired) electrons. The topological polar surface area (TPSA) is 60.0 Å². The molecule has 2 heterocycles. The number of nitrogens with zero attached hydrogens (tertiary/aromatic N) is 1. The third-order valence-electron chi connectivity index (χ3n) is 3.71. The molecule has 0 saturated carbocycles. The molecule has 1 aromatic rings. The van der Waals surface area contributed by atoms with Gasteiger partial charge in [-0.3, -0.25) is 4.90 Å². The van der Waals surface area contributed by atoms with Crippen molar-refractivity contribution >= 4 is 21.9 Å². The van der Waals surface area contributed by atoms with Crippen molar-refractivity contribution in [3.05, 3.63) is 22.2 Å². The molecule has 0 spiro atoms. The van der Waals surface area contributed by atoms with E-state index in [0.29, 0.717) is 11.5 Å². The summed E-state index contributed by atoms with van der Waals surface area (Å²) < 4.78 is 16.6. The molecule has 114 valence electrons. The normalized spacial score (nSPS) is 19.3. The largest absolute Gasteiger partial charge is 0.468 e. The molecule has 7 heteroatoms. The molecular weight excluding hydrogens is 340 g/mol. The molecule has 1 N–H and O–H groups in total. The quantitative estimate of drug-likeness (QED) is 0.823. The van der Waals surface area contributed by atoms with Gasteiger partial charge in [-0.15, -0.1) is 0 Å². The number of hydrogen-bond donors (Lipinski definition) is 1. The number of nitrogens with one attached hydrogen (secondary N) is 1. The smallest absolute Gasteiger partial charge is 0.327 e. The Hall–Kier alpha value is -1.31. The molecule has 1 atom stereocenters. The summed E-state index contributed by atoms with van der Waals surface area (Å²) in [6.45, 7) is 3.52. The lowest BCUT2D eigenvalue weighted by Crippen LogP contribution is -2.47. The highest BCUT2D eigenvalue weighted by Gasteiger charge is 2.31. The van der Waals surface area contributed by atoms with Crippen LogP contribution in [0.3, 0.4) is 0 Å². The van der Waals surface area contributed by atoms with Crippen LogP contribution >= 0.6 is 15.9 Å². The second kappa shape index (κ2) is 6.21. The average molecular weight is 357 g/mol. The van der Waals surface area contributed by atoms with Gasteiger partial charge in [-0.25, -0.2) is 4.79 Å². The number of piperazine rings is 1. The molecule has 1 fully saturated rings. The van der Waals surface area contributed by atoms with Gasteiger partial charge in [-0.2, -0.15) is 0 Å². The summed E-state index contributed by atoms with van der Waals surface area (Å²) in [5.74, 6) is 1.08. The number of halogens is 1. The van der Waals surface area contributed by atoms with E-state index in [1.807, 2.05) is 12.1 Å². The Morgan fingerprint density at radius 3 is 2.86 bits per heavy atom. The lowest BCUT2D eigenvalue weighted by atomic mass is 10.0. The SMILES string of the molecule is COC(=O)C(c1cc(Br)c2c(c1)OCO2)N1CCNCC1. The number of ether oxygens (including phenoxy) is 3. The van der Waals surface area contributed by atoms with E-state index in [4.69, 9.17) is 14.2 Å². The monoisotopic (exact) mass is 356 g/mol. The molecule has 2 aliphatic heterocycles. The van der Waals surface area contributed by atoms with Gasteiger partial charge in [-0.05, 0) is 33.6 Å². The van der Waals surface area contributed by atoms with Crippen molar-refractivity contribution in [2.75, 3.05) is 40.1 Å². The molecule has 0 aliphatic carbocycles. The van der Waals surface area contributed by atoms with Gasteiger partial charge in [-0.1, -0.05) is 0 Å². The highest BCUT2D eigenvalue weighted by Crippen LogP contribution is 2.42. The molecule has 1 aromatic carbocycles. The number of esters is 1. The molecule has 0 amide bonds. The van der Waals surface area contributed by atoms with E-state index in [0.717, 1.165) is 36.2 Å². The minimum absolute atomic E-state index is 0.202. The molecule has 0 aromatic heterocycles. The van der Waals surface area contributed by atoms with Crippen molar-refractivity contribution in [2.45, 2.75) is 6.04 Å². The summed E-state index contributed by atoms with van der Waals surface area (Å²) in [5.41, 5.74) is 0.847. The summed E-state index contributed by atoms with van der Waals surface area (Å²) in [6, 6.07) is 3.33. The van der Waals surface area contributed by atoms with E-state index in [9.17, 15) is 4.79 Å². The summed E-state index contributed by atoms with van der Waals surface area (Å²) in [5, 5.41) is 3.28. The van der Waals surface area contributed by atoms with Gasteiger partial charge in [0, 0.05) is 26.2 Å². The Kier molecular flexibility index (Phi) is 4.32. The Bertz CT molecular complexity index is 546. The number of rotatable bonds is 3. The van der Waals surface area contributed by atoms with E-state index < -0.39 is 6.04 Å². The number of carbonyl (C=O) groups excluding carboxylic acids is 1. The van der Waals surface area contributed by atoms with Gasteiger partial charge >= 0.3 is 5.97 Å². The molecule has 6 nitrogen and oxygen atoms in total. The summed E-state index contributed by atoms with van der Waals surface area (Å²) >= 11 is 3.47. The van der Waals surface area contributed by atoms with E-state index in [-0.39, 0.29) is 12.8 Å². The van der Waals surface area contributed by atoms with Crippen LogP contribution in [-0.4, -0.2) is 51.0 Å². The fourth-order valence-corrected chi connectivity index (χ4v) is 3.27. The molecule has 21 heavy (non-hydrogen) atoms. The van der Waals surface area contributed by atoms with Crippen LogP contribution in [0.25, 0.3) is 0 Å². The Balaban J connectivity index is 1.96. The van der Waals surface area contributed by atoms with Crippen molar-refractivity contribution < 1.29 is 19.0 Å². The summed E-state index contributed by atoms with van der Waals surface area (Å²) in [6.07, 6.45) is 0. The Morgan fingerprint density at radius 1 is 1.38 bits per heavy atom. The zero-order valence-corrected chi connectivity index (χ0v) is 13.3. The third kappa shape index (κ3) is 2.86. The first-order valence-corrected chi connectivity index (χ1v) is 7.61. The number of methoxy groups -OCH3 is 1. The maximum atomic E-state index is 12.3. The van der Waals surface area contributed by atoms with Gasteiger partial charge in [0.1, 0.15) is 6.04 Å². The van der Waals surface area contributed by atoms with Crippen LogP contribution in [0.2, 0.25) is 0 Å². The van der Waals surface area contributed by atoms with Gasteiger partial charge < -0.3 is 19.5 Å². The first kappa shape index (κ1) is 14.6. The second-order valence-corrected chi connectivity index (χ2v) is 5.80. The predicted molar refractivity (Wildman–Crippen MR) is 79.5 cm³/mol. The minimum atomic E-state index is -0.428. The second-order valence-electron chi connectivity index (χ2n) is 4.95. The first-order chi connectivity index (χ1) is 10.2. The zero-order valence-electron chi connectivity index (χ0n) is 11.7. The van der Waals surface area contributed by atoms with Crippen LogP contribution in [0.4, 0.5) is 0 Å². The number of carbonyl (C=O) groups is 1. The highest BCUT2D eigenvalue weighted by molar-refractivity contribution is 9.10. The van der Waals surface area contributed by atoms with Crippen LogP contribution in [0.1, 0.15) is 11.6 Å². The fraction of sp³-hybridized carbons (Fsp3) is 0.500. The Labute approximate surface area is 131 Å². The van der Waals surface area contributed by atoms with Crippen LogP contribution in [0.5, 0.6) is 11.5 Å². The highest BCUT2D eigenvalue weighted by atomic mass is 79.9. The molecule has 0 bridgehead atoms. The number of benzene rings is 1. The Morgan fingerprint density at radius 2 is 2.14 bits per heavy atom.